The molecule has 2 amide bonds. The molecule has 1 fully saturated rings. The predicted octanol–water partition coefficient (Wildman–Crippen LogP) is 3.45. The number of nitrogens with one attached hydrogen (secondary N) is 1. The van der Waals surface area contributed by atoms with Gasteiger partial charge in [-0.1, -0.05) is 6.07 Å². The first-order valence-electron chi connectivity index (χ1n) is 10.0. The third-order valence-electron chi connectivity index (χ3n) is 5.28. The summed E-state index contributed by atoms with van der Waals surface area (Å²) in [6.45, 7) is 7.22. The smallest absolute Gasteiger partial charge is 0.407 e. The molecule has 1 saturated heterocycles. The van der Waals surface area contributed by atoms with Crippen molar-refractivity contribution in [2.45, 2.75) is 39.7 Å². The second kappa shape index (κ2) is 9.03. The summed E-state index contributed by atoms with van der Waals surface area (Å²) >= 11 is 0. The summed E-state index contributed by atoms with van der Waals surface area (Å²) in [7, 11) is 1.64. The third kappa shape index (κ3) is 4.55. The molecule has 1 aliphatic rings. The van der Waals surface area contributed by atoms with E-state index < -0.39 is 6.09 Å². The maximum atomic E-state index is 13.2. The van der Waals surface area contributed by atoms with E-state index in [1.165, 1.54) is 0 Å². The van der Waals surface area contributed by atoms with Gasteiger partial charge in [-0.05, 0) is 51.8 Å². The number of likely N-dealkylation sites (tertiary alicyclic amines) is 1. The van der Waals surface area contributed by atoms with E-state index >= 15 is 0 Å². The minimum absolute atomic E-state index is 0.0115. The Morgan fingerprint density at radius 1 is 1.24 bits per heavy atom. The lowest BCUT2D eigenvalue weighted by Crippen LogP contribution is -2.49. The molecule has 29 heavy (non-hydrogen) atoms. The number of aromatic nitrogens is 1. The number of aryl methyl sites for hydroxylation is 1. The fourth-order valence-corrected chi connectivity index (χ4v) is 3.92. The van der Waals surface area contributed by atoms with Crippen molar-refractivity contribution in [3.05, 3.63) is 47.3 Å². The van der Waals surface area contributed by atoms with E-state index in [1.54, 1.807) is 14.0 Å². The van der Waals surface area contributed by atoms with Crippen LogP contribution in [0.3, 0.4) is 0 Å². The maximum absolute atomic E-state index is 13.2. The van der Waals surface area contributed by atoms with Crippen molar-refractivity contribution >= 4 is 12.0 Å². The van der Waals surface area contributed by atoms with Crippen LogP contribution in [0.4, 0.5) is 4.79 Å². The molecule has 0 aliphatic carbocycles. The summed E-state index contributed by atoms with van der Waals surface area (Å²) in [5, 5.41) is 2.85. The summed E-state index contributed by atoms with van der Waals surface area (Å²) in [6.07, 6.45) is 1.26. The molecule has 1 aromatic heterocycles. The number of benzene rings is 1. The van der Waals surface area contributed by atoms with Gasteiger partial charge in [0.15, 0.2) is 0 Å². The molecule has 3 rings (SSSR count). The fourth-order valence-electron chi connectivity index (χ4n) is 3.92. The second-order valence-electron chi connectivity index (χ2n) is 7.28. The lowest BCUT2D eigenvalue weighted by molar-refractivity contribution is 0.0685. The number of carbonyl (C=O) groups excluding carboxylic acids is 2. The number of hydrogen-bond acceptors (Lipinski definition) is 4. The van der Waals surface area contributed by atoms with Gasteiger partial charge in [0, 0.05) is 42.3 Å². The Bertz CT molecular complexity index is 890. The Balaban J connectivity index is 1.80. The number of alkyl carbamates (subject to hydrolysis) is 1. The number of rotatable bonds is 5. The molecule has 156 valence electrons. The molecule has 1 aliphatic heterocycles. The van der Waals surface area contributed by atoms with Crippen molar-refractivity contribution in [3.63, 3.8) is 0 Å². The number of ether oxygens (including phenoxy) is 2. The van der Waals surface area contributed by atoms with Gasteiger partial charge in [-0.15, -0.1) is 0 Å². The highest BCUT2D eigenvalue weighted by molar-refractivity contribution is 5.96. The minimum Gasteiger partial charge on any atom is -0.497 e. The van der Waals surface area contributed by atoms with Crippen LogP contribution in [0.5, 0.6) is 5.75 Å². The number of carbonyl (C=O) groups is 2. The molecule has 1 aromatic carbocycles. The first kappa shape index (κ1) is 20.8. The van der Waals surface area contributed by atoms with Crippen LogP contribution in [0, 0.1) is 13.8 Å². The molecule has 0 radical (unpaired) electrons. The van der Waals surface area contributed by atoms with Gasteiger partial charge in [-0.3, -0.25) is 4.79 Å². The quantitative estimate of drug-likeness (QED) is 0.836. The van der Waals surface area contributed by atoms with Crippen LogP contribution in [0.25, 0.3) is 5.69 Å². The normalized spacial score (nSPS) is 16.4. The highest BCUT2D eigenvalue weighted by Gasteiger charge is 2.28. The van der Waals surface area contributed by atoms with Crippen molar-refractivity contribution in [3.8, 4) is 11.4 Å². The van der Waals surface area contributed by atoms with Gasteiger partial charge in [0.25, 0.3) is 5.91 Å². The van der Waals surface area contributed by atoms with Crippen LogP contribution in [0.15, 0.2) is 30.3 Å². The van der Waals surface area contributed by atoms with Crippen LogP contribution in [0.1, 0.15) is 41.5 Å². The van der Waals surface area contributed by atoms with E-state index in [2.05, 4.69) is 9.88 Å². The Hall–Kier alpha value is -2.96. The Labute approximate surface area is 171 Å². The van der Waals surface area contributed by atoms with Crippen LogP contribution in [0.2, 0.25) is 0 Å². The van der Waals surface area contributed by atoms with Crippen molar-refractivity contribution in [2.75, 3.05) is 26.8 Å². The number of methoxy groups -OCH3 is 1. The van der Waals surface area contributed by atoms with E-state index in [-0.39, 0.29) is 11.9 Å². The average Bonchev–Trinajstić information content (AvgIpc) is 3.01. The zero-order valence-electron chi connectivity index (χ0n) is 17.5. The Morgan fingerprint density at radius 2 is 2.03 bits per heavy atom. The van der Waals surface area contributed by atoms with Crippen LogP contribution in [-0.2, 0) is 4.74 Å². The summed E-state index contributed by atoms with van der Waals surface area (Å²) in [6, 6.07) is 9.62. The number of hydrogen-bond donors (Lipinski definition) is 1. The van der Waals surface area contributed by atoms with Gasteiger partial charge in [0.2, 0.25) is 0 Å². The first-order chi connectivity index (χ1) is 13.9. The van der Waals surface area contributed by atoms with E-state index in [1.807, 2.05) is 49.1 Å². The van der Waals surface area contributed by atoms with E-state index in [4.69, 9.17) is 9.47 Å². The minimum atomic E-state index is -0.428. The average molecular weight is 399 g/mol. The predicted molar refractivity (Wildman–Crippen MR) is 111 cm³/mol. The number of nitrogens with zero attached hydrogens (tertiary/aromatic N) is 2. The molecule has 0 bridgehead atoms. The molecule has 7 heteroatoms. The monoisotopic (exact) mass is 399 g/mol. The fraction of sp³-hybridized carbons (Fsp3) is 0.455. The highest BCUT2D eigenvalue weighted by atomic mass is 16.5. The molecule has 0 saturated carbocycles. The number of piperidine rings is 1. The standard InChI is InChI=1S/C22H29N3O4/c1-5-29-22(27)23-17-8-7-11-24(14-17)21(26)20-12-15(2)25(16(20)3)18-9-6-10-19(13-18)28-4/h6,9-10,12-13,17H,5,7-8,11,14H2,1-4H3,(H,23,27). The molecule has 1 unspecified atom stereocenters. The van der Waals surface area contributed by atoms with Gasteiger partial charge in [0.05, 0.1) is 19.3 Å². The van der Waals surface area contributed by atoms with Crippen LogP contribution >= 0.6 is 0 Å². The molecule has 2 heterocycles. The van der Waals surface area contributed by atoms with Gasteiger partial charge < -0.3 is 24.3 Å². The largest absolute Gasteiger partial charge is 0.497 e. The lowest BCUT2D eigenvalue weighted by atomic mass is 10.0. The van der Waals surface area contributed by atoms with Crippen molar-refractivity contribution in [1.29, 1.82) is 0 Å². The zero-order chi connectivity index (χ0) is 21.0. The van der Waals surface area contributed by atoms with Crippen molar-refractivity contribution < 1.29 is 19.1 Å². The molecule has 2 aromatic rings. The maximum Gasteiger partial charge on any atom is 0.407 e. The number of amides is 2. The van der Waals surface area contributed by atoms with E-state index in [9.17, 15) is 9.59 Å². The molecule has 7 nitrogen and oxygen atoms in total. The van der Waals surface area contributed by atoms with Crippen molar-refractivity contribution in [2.24, 2.45) is 0 Å². The van der Waals surface area contributed by atoms with Gasteiger partial charge in [-0.25, -0.2) is 4.79 Å². The third-order valence-corrected chi connectivity index (χ3v) is 5.28. The molecule has 0 spiro atoms. The van der Waals surface area contributed by atoms with Gasteiger partial charge in [0.1, 0.15) is 5.75 Å². The Morgan fingerprint density at radius 3 is 2.76 bits per heavy atom. The van der Waals surface area contributed by atoms with Crippen LogP contribution < -0.4 is 10.1 Å². The topological polar surface area (TPSA) is 72.8 Å². The van der Waals surface area contributed by atoms with E-state index in [0.717, 1.165) is 35.7 Å². The van der Waals surface area contributed by atoms with Gasteiger partial charge in [-0.2, -0.15) is 0 Å². The molecule has 1 atom stereocenters. The molecule has 1 N–H and O–H groups in total. The van der Waals surface area contributed by atoms with Crippen LogP contribution in [-0.4, -0.2) is 54.3 Å². The van der Waals surface area contributed by atoms with Crippen molar-refractivity contribution in [1.82, 2.24) is 14.8 Å². The summed E-state index contributed by atoms with van der Waals surface area (Å²) in [5.74, 6) is 0.759. The van der Waals surface area contributed by atoms with E-state index in [0.29, 0.717) is 25.3 Å². The second-order valence-corrected chi connectivity index (χ2v) is 7.28. The highest BCUT2D eigenvalue weighted by Crippen LogP contribution is 2.25. The molecular formula is C22H29N3O4. The SMILES string of the molecule is CCOC(=O)NC1CCCN(C(=O)c2cc(C)n(-c3cccc(OC)c3)c2C)C1. The summed E-state index contributed by atoms with van der Waals surface area (Å²) in [4.78, 5) is 26.8. The summed E-state index contributed by atoms with van der Waals surface area (Å²) < 4.78 is 12.4. The molecular weight excluding hydrogens is 370 g/mol. The lowest BCUT2D eigenvalue weighted by Gasteiger charge is -2.33. The van der Waals surface area contributed by atoms with Gasteiger partial charge >= 0.3 is 6.09 Å². The zero-order valence-corrected chi connectivity index (χ0v) is 17.5. The first-order valence-corrected chi connectivity index (χ1v) is 10.0. The summed E-state index contributed by atoms with van der Waals surface area (Å²) in [5.41, 5.74) is 3.51. The Kier molecular flexibility index (Phi) is 6.46.